The third-order valence-electron chi connectivity index (χ3n) is 5.75. The molecule has 0 amide bonds. The predicted molar refractivity (Wildman–Crippen MR) is 135 cm³/mol. The summed E-state index contributed by atoms with van der Waals surface area (Å²) in [6.45, 7) is 5.80. The number of methoxy groups -OCH3 is 1. The Morgan fingerprint density at radius 1 is 1.00 bits per heavy atom. The molecule has 1 aliphatic heterocycles. The van der Waals surface area contributed by atoms with Crippen LogP contribution in [-0.4, -0.2) is 40.7 Å². The van der Waals surface area contributed by atoms with Crippen LogP contribution in [0.15, 0.2) is 65.6 Å². The van der Waals surface area contributed by atoms with Crippen molar-refractivity contribution < 1.29 is 17.5 Å². The Morgan fingerprint density at radius 3 is 2.26 bits per heavy atom. The molecule has 0 saturated carbocycles. The molecule has 2 atom stereocenters. The second-order valence-electron chi connectivity index (χ2n) is 8.52. The van der Waals surface area contributed by atoms with Crippen molar-refractivity contribution in [3.8, 4) is 16.9 Å². The normalized spacial score (nSPS) is 18.6. The van der Waals surface area contributed by atoms with Crippen LogP contribution in [0.25, 0.3) is 11.1 Å². The van der Waals surface area contributed by atoms with Gasteiger partial charge < -0.3 is 15.0 Å². The summed E-state index contributed by atoms with van der Waals surface area (Å²) in [5.41, 5.74) is 2.72. The Balaban J connectivity index is 1.57. The Hall–Kier alpha value is -2.81. The van der Waals surface area contributed by atoms with Crippen LogP contribution in [-0.2, 0) is 10.0 Å². The van der Waals surface area contributed by atoms with Gasteiger partial charge in [0.05, 0.1) is 28.4 Å². The molecule has 1 fully saturated rings. The first-order valence-electron chi connectivity index (χ1n) is 10.9. The molecular formula is C25H27ClFN3O3S. The van der Waals surface area contributed by atoms with Crippen LogP contribution in [0, 0.1) is 5.82 Å². The van der Waals surface area contributed by atoms with E-state index in [4.69, 9.17) is 16.3 Å². The second kappa shape index (κ2) is 9.82. The van der Waals surface area contributed by atoms with Crippen molar-refractivity contribution in [2.45, 2.75) is 30.8 Å². The standard InChI is InChI=1S/C25H27ClFN3O3S/c1-16-14-30(15-17(2)28-16)24-13-20(7-11-25(24)33-3)29-34(31,32)21-8-4-18(5-9-21)19-6-10-23(27)22(26)12-19/h4-13,16-17,28-29H,14-15H2,1-3H3. The van der Waals surface area contributed by atoms with E-state index >= 15 is 0 Å². The van der Waals surface area contributed by atoms with Crippen LogP contribution in [0.3, 0.4) is 0 Å². The predicted octanol–water partition coefficient (Wildman–Crippen LogP) is 5.14. The number of halogens is 2. The van der Waals surface area contributed by atoms with Crippen molar-refractivity contribution in [2.24, 2.45) is 0 Å². The summed E-state index contributed by atoms with van der Waals surface area (Å²) in [4.78, 5) is 2.32. The van der Waals surface area contributed by atoms with Gasteiger partial charge in [-0.3, -0.25) is 4.72 Å². The Labute approximate surface area is 204 Å². The minimum atomic E-state index is -3.82. The van der Waals surface area contributed by atoms with Gasteiger partial charge >= 0.3 is 0 Å². The van der Waals surface area contributed by atoms with Gasteiger partial charge in [-0.15, -0.1) is 0 Å². The maximum atomic E-state index is 13.4. The topological polar surface area (TPSA) is 70.7 Å². The third kappa shape index (κ3) is 5.29. The van der Waals surface area contributed by atoms with Crippen LogP contribution in [0.2, 0.25) is 5.02 Å². The van der Waals surface area contributed by atoms with E-state index in [1.54, 1.807) is 43.5 Å². The summed E-state index contributed by atoms with van der Waals surface area (Å²) >= 11 is 5.87. The SMILES string of the molecule is COc1ccc(NS(=O)(=O)c2ccc(-c3ccc(F)c(Cl)c3)cc2)cc1N1CC(C)NC(C)C1. The maximum Gasteiger partial charge on any atom is 0.261 e. The highest BCUT2D eigenvalue weighted by Crippen LogP contribution is 2.33. The van der Waals surface area contributed by atoms with Gasteiger partial charge in [0.1, 0.15) is 11.6 Å². The number of piperazine rings is 1. The second-order valence-corrected chi connectivity index (χ2v) is 10.6. The molecule has 6 nitrogen and oxygen atoms in total. The number of nitrogens with zero attached hydrogens (tertiary/aromatic N) is 1. The van der Waals surface area contributed by atoms with E-state index in [0.29, 0.717) is 29.1 Å². The number of hydrogen-bond acceptors (Lipinski definition) is 5. The molecule has 1 heterocycles. The largest absolute Gasteiger partial charge is 0.495 e. The first kappa shape index (κ1) is 24.3. The fourth-order valence-electron chi connectivity index (χ4n) is 4.24. The summed E-state index contributed by atoms with van der Waals surface area (Å²) in [5.74, 6) is 0.184. The minimum Gasteiger partial charge on any atom is -0.495 e. The number of hydrogen-bond donors (Lipinski definition) is 2. The van der Waals surface area contributed by atoms with Crippen molar-refractivity contribution in [3.63, 3.8) is 0 Å². The van der Waals surface area contributed by atoms with Gasteiger partial charge in [-0.05, 0) is 67.4 Å². The van der Waals surface area contributed by atoms with Crippen molar-refractivity contribution in [1.29, 1.82) is 0 Å². The van der Waals surface area contributed by atoms with Gasteiger partial charge in [-0.2, -0.15) is 0 Å². The lowest BCUT2D eigenvalue weighted by Crippen LogP contribution is -2.54. The molecule has 1 aliphatic rings. The Morgan fingerprint density at radius 2 is 1.65 bits per heavy atom. The zero-order valence-corrected chi connectivity index (χ0v) is 20.8. The highest BCUT2D eigenvalue weighted by Gasteiger charge is 2.24. The molecule has 1 saturated heterocycles. The highest BCUT2D eigenvalue weighted by molar-refractivity contribution is 7.92. The Kier molecular flexibility index (Phi) is 7.02. The van der Waals surface area contributed by atoms with Gasteiger partial charge in [0.25, 0.3) is 10.0 Å². The van der Waals surface area contributed by atoms with Crippen LogP contribution >= 0.6 is 11.6 Å². The van der Waals surface area contributed by atoms with E-state index in [-0.39, 0.29) is 9.92 Å². The van der Waals surface area contributed by atoms with Gasteiger partial charge in [-0.25, -0.2) is 12.8 Å². The number of anilines is 2. The zero-order valence-electron chi connectivity index (χ0n) is 19.2. The lowest BCUT2D eigenvalue weighted by atomic mass is 10.1. The average molecular weight is 504 g/mol. The van der Waals surface area contributed by atoms with Crippen molar-refractivity contribution in [1.82, 2.24) is 5.32 Å². The fourth-order valence-corrected chi connectivity index (χ4v) is 5.47. The lowest BCUT2D eigenvalue weighted by molar-refractivity contribution is 0.391. The molecule has 3 aromatic rings. The van der Waals surface area contributed by atoms with Crippen LogP contribution in [0.4, 0.5) is 15.8 Å². The Bertz CT molecular complexity index is 1280. The molecule has 0 spiro atoms. The van der Waals surface area contributed by atoms with E-state index in [9.17, 15) is 12.8 Å². The monoisotopic (exact) mass is 503 g/mol. The first-order valence-corrected chi connectivity index (χ1v) is 12.8. The minimum absolute atomic E-state index is 0.0134. The van der Waals surface area contributed by atoms with Crippen molar-refractivity contribution >= 4 is 33.0 Å². The molecule has 0 aromatic heterocycles. The molecule has 2 N–H and O–H groups in total. The quantitative estimate of drug-likeness (QED) is 0.487. The summed E-state index contributed by atoms with van der Waals surface area (Å²) in [6, 6.07) is 16.6. The van der Waals surface area contributed by atoms with E-state index in [1.165, 1.54) is 24.3 Å². The molecule has 2 unspecified atom stereocenters. The average Bonchev–Trinajstić information content (AvgIpc) is 2.80. The maximum absolute atomic E-state index is 13.4. The number of ether oxygens (including phenoxy) is 1. The summed E-state index contributed by atoms with van der Waals surface area (Å²) in [7, 11) is -2.22. The van der Waals surface area contributed by atoms with Gasteiger partial charge in [0.2, 0.25) is 0 Å². The molecule has 180 valence electrons. The zero-order chi connectivity index (χ0) is 24.5. The number of sulfonamides is 1. The fraction of sp³-hybridized carbons (Fsp3) is 0.280. The molecular weight excluding hydrogens is 477 g/mol. The first-order chi connectivity index (χ1) is 16.2. The summed E-state index contributed by atoms with van der Waals surface area (Å²) in [5, 5.41) is 3.51. The van der Waals surface area contributed by atoms with E-state index < -0.39 is 15.8 Å². The van der Waals surface area contributed by atoms with Crippen LogP contribution in [0.1, 0.15) is 13.8 Å². The number of benzene rings is 3. The van der Waals surface area contributed by atoms with Gasteiger partial charge in [0, 0.05) is 25.2 Å². The van der Waals surface area contributed by atoms with Gasteiger partial charge in [-0.1, -0.05) is 29.8 Å². The highest BCUT2D eigenvalue weighted by atomic mass is 35.5. The molecule has 34 heavy (non-hydrogen) atoms. The van der Waals surface area contributed by atoms with Crippen LogP contribution in [0.5, 0.6) is 5.75 Å². The van der Waals surface area contributed by atoms with Crippen LogP contribution < -0.4 is 19.7 Å². The molecule has 3 aromatic carbocycles. The molecule has 0 aliphatic carbocycles. The van der Waals surface area contributed by atoms with Crippen molar-refractivity contribution in [2.75, 3.05) is 29.8 Å². The van der Waals surface area contributed by atoms with E-state index in [2.05, 4.69) is 28.8 Å². The third-order valence-corrected chi connectivity index (χ3v) is 7.43. The summed E-state index contributed by atoms with van der Waals surface area (Å²) < 4.78 is 47.8. The molecule has 0 radical (unpaired) electrons. The van der Waals surface area contributed by atoms with Crippen molar-refractivity contribution in [3.05, 3.63) is 71.5 Å². The van der Waals surface area contributed by atoms with E-state index in [0.717, 1.165) is 24.3 Å². The number of rotatable bonds is 6. The van der Waals surface area contributed by atoms with Gasteiger partial charge in [0.15, 0.2) is 0 Å². The molecule has 4 rings (SSSR count). The summed E-state index contributed by atoms with van der Waals surface area (Å²) in [6.07, 6.45) is 0. The molecule has 9 heteroatoms. The molecule has 0 bridgehead atoms. The smallest absolute Gasteiger partial charge is 0.261 e. The lowest BCUT2D eigenvalue weighted by Gasteiger charge is -2.38. The number of nitrogens with one attached hydrogen (secondary N) is 2. The van der Waals surface area contributed by atoms with E-state index in [1.807, 2.05) is 0 Å².